The summed E-state index contributed by atoms with van der Waals surface area (Å²) in [5, 5.41) is 18.4. The zero-order chi connectivity index (χ0) is 26.6. The molecule has 3 heterocycles. The number of rotatable bonds is 6. The molecule has 198 valence electrons. The smallest absolute Gasteiger partial charge is 0.490 e. The maximum Gasteiger partial charge on any atom is 0.490 e. The number of hydrogen-bond donors (Lipinski definition) is 2. The molecule has 2 aromatic heterocycles. The minimum atomic E-state index is -5.08. The zero-order valence-corrected chi connectivity index (χ0v) is 19.7. The summed E-state index contributed by atoms with van der Waals surface area (Å²) in [6.45, 7) is 1.50. The van der Waals surface area contributed by atoms with Gasteiger partial charge in [-0.05, 0) is 25.0 Å². The highest BCUT2D eigenvalue weighted by Gasteiger charge is 2.38. The maximum atomic E-state index is 14.2. The molecule has 2 fully saturated rings. The van der Waals surface area contributed by atoms with Gasteiger partial charge in [0.2, 0.25) is 0 Å². The second-order valence-electron chi connectivity index (χ2n) is 8.48. The van der Waals surface area contributed by atoms with Crippen molar-refractivity contribution in [2.45, 2.75) is 44.0 Å². The van der Waals surface area contributed by atoms with Crippen LogP contribution in [0.4, 0.5) is 29.2 Å². The molecular weight excluding hydrogens is 500 g/mol. The van der Waals surface area contributed by atoms with E-state index < -0.39 is 18.0 Å². The maximum absolute atomic E-state index is 14.2. The number of ether oxygens (including phenoxy) is 2. The fourth-order valence-electron chi connectivity index (χ4n) is 3.63. The molecule has 37 heavy (non-hydrogen) atoms. The Hall–Kier alpha value is -3.97. The first-order valence-corrected chi connectivity index (χ1v) is 11.4. The van der Waals surface area contributed by atoms with Crippen LogP contribution in [-0.2, 0) is 4.79 Å². The van der Waals surface area contributed by atoms with Gasteiger partial charge in [0.25, 0.3) is 0 Å². The normalized spacial score (nSPS) is 16.1. The summed E-state index contributed by atoms with van der Waals surface area (Å²) in [6, 6.07) is 5.13. The molecule has 2 N–H and O–H groups in total. The van der Waals surface area contributed by atoms with Crippen LogP contribution in [0.1, 0.15) is 25.7 Å². The van der Waals surface area contributed by atoms with E-state index in [1.807, 2.05) is 0 Å². The van der Waals surface area contributed by atoms with Gasteiger partial charge in [0.1, 0.15) is 22.9 Å². The van der Waals surface area contributed by atoms with Gasteiger partial charge in [-0.1, -0.05) is 0 Å². The van der Waals surface area contributed by atoms with E-state index in [0.717, 1.165) is 61.4 Å². The average Bonchev–Trinajstić information content (AvgIpc) is 3.69. The van der Waals surface area contributed by atoms with Gasteiger partial charge >= 0.3 is 12.1 Å². The number of carboxylic acids is 1. The standard InChI is InChI=1S/C21H23FN6O2.C2HF3O2/c1-29-15-4-5-19(16(22)10-15)30-14-6-8-28(9-7-14)21-20(25-13-2-3-13)26-17-11-23-24-12-18(17)27-21;3-2(4,5)1(6)7/h4-5,10-14H,2-3,6-9H2,1H3,(H,25,26);(H,6,7). The number of methoxy groups -OCH3 is 1. The Bertz CT molecular complexity index is 1250. The number of aliphatic carboxylic acids is 1. The quantitative estimate of drug-likeness (QED) is 0.460. The van der Waals surface area contributed by atoms with Gasteiger partial charge in [0, 0.05) is 38.0 Å². The summed E-state index contributed by atoms with van der Waals surface area (Å²) >= 11 is 0. The molecule has 1 aliphatic heterocycles. The molecule has 1 aliphatic carbocycles. The van der Waals surface area contributed by atoms with Crippen LogP contribution in [0.2, 0.25) is 0 Å². The molecule has 0 spiro atoms. The third-order valence-electron chi connectivity index (χ3n) is 5.69. The van der Waals surface area contributed by atoms with Crippen LogP contribution in [0.15, 0.2) is 30.6 Å². The average molecular weight is 524 g/mol. The molecule has 14 heteroatoms. The van der Waals surface area contributed by atoms with Crippen molar-refractivity contribution in [3.63, 3.8) is 0 Å². The minimum absolute atomic E-state index is 0.0525. The van der Waals surface area contributed by atoms with Crippen molar-refractivity contribution < 1.29 is 36.9 Å². The van der Waals surface area contributed by atoms with Crippen molar-refractivity contribution in [1.29, 1.82) is 0 Å². The van der Waals surface area contributed by atoms with Crippen LogP contribution in [0.3, 0.4) is 0 Å². The predicted molar refractivity (Wildman–Crippen MR) is 124 cm³/mol. The second-order valence-corrected chi connectivity index (χ2v) is 8.48. The third-order valence-corrected chi connectivity index (χ3v) is 5.69. The van der Waals surface area contributed by atoms with E-state index in [1.54, 1.807) is 24.5 Å². The molecular formula is C23H24F4N6O4. The number of carbonyl (C=O) groups is 1. The highest BCUT2D eigenvalue weighted by molar-refractivity contribution is 5.79. The van der Waals surface area contributed by atoms with Crippen LogP contribution in [0.25, 0.3) is 11.0 Å². The lowest BCUT2D eigenvalue weighted by Gasteiger charge is -2.33. The fourth-order valence-corrected chi connectivity index (χ4v) is 3.63. The molecule has 1 saturated heterocycles. The Morgan fingerprint density at radius 2 is 1.70 bits per heavy atom. The SMILES string of the molecule is COc1ccc(OC2CCN(c3nc4cnncc4nc3NC3CC3)CC2)c(F)c1.O=C(O)C(F)(F)F. The number of nitrogens with one attached hydrogen (secondary N) is 1. The molecule has 0 radical (unpaired) electrons. The van der Waals surface area contributed by atoms with Gasteiger partial charge < -0.3 is 24.8 Å². The van der Waals surface area contributed by atoms with Crippen LogP contribution in [-0.4, -0.2) is 69.8 Å². The Kier molecular flexibility index (Phi) is 7.74. The summed E-state index contributed by atoms with van der Waals surface area (Å²) in [7, 11) is 1.51. The predicted octanol–water partition coefficient (Wildman–Crippen LogP) is 3.82. The lowest BCUT2D eigenvalue weighted by Crippen LogP contribution is -2.39. The highest BCUT2D eigenvalue weighted by atomic mass is 19.4. The first-order valence-electron chi connectivity index (χ1n) is 11.4. The molecule has 1 saturated carbocycles. The van der Waals surface area contributed by atoms with Crippen molar-refractivity contribution in [2.75, 3.05) is 30.4 Å². The van der Waals surface area contributed by atoms with Gasteiger partial charge in [0.05, 0.1) is 19.5 Å². The molecule has 0 amide bonds. The van der Waals surface area contributed by atoms with Crippen molar-refractivity contribution in [3.8, 4) is 11.5 Å². The summed E-state index contributed by atoms with van der Waals surface area (Å²) in [4.78, 5) is 20.6. The number of fused-ring (bicyclic) bond motifs is 1. The summed E-state index contributed by atoms with van der Waals surface area (Å²) in [5.41, 5.74) is 1.45. The first-order chi connectivity index (χ1) is 17.6. The molecule has 1 aromatic carbocycles. The number of anilines is 2. The number of carboxylic acid groups (broad SMARTS) is 1. The summed E-state index contributed by atoms with van der Waals surface area (Å²) in [5.74, 6) is -0.809. The van der Waals surface area contributed by atoms with Gasteiger partial charge in [-0.15, -0.1) is 0 Å². The Labute approximate surface area is 208 Å². The monoisotopic (exact) mass is 524 g/mol. The largest absolute Gasteiger partial charge is 0.497 e. The molecule has 3 aromatic rings. The number of halogens is 4. The third kappa shape index (κ3) is 6.83. The zero-order valence-electron chi connectivity index (χ0n) is 19.7. The van der Waals surface area contributed by atoms with Crippen molar-refractivity contribution in [2.24, 2.45) is 0 Å². The van der Waals surface area contributed by atoms with E-state index in [-0.39, 0.29) is 11.9 Å². The molecule has 0 atom stereocenters. The Balaban J connectivity index is 0.000000405. The number of piperidine rings is 1. The lowest BCUT2D eigenvalue weighted by atomic mass is 10.1. The first kappa shape index (κ1) is 26.1. The summed E-state index contributed by atoms with van der Waals surface area (Å²) in [6.07, 6.45) is 1.96. The van der Waals surface area contributed by atoms with Crippen LogP contribution in [0.5, 0.6) is 11.5 Å². The van der Waals surface area contributed by atoms with E-state index in [1.165, 1.54) is 13.2 Å². The number of hydrogen-bond acceptors (Lipinski definition) is 9. The van der Waals surface area contributed by atoms with E-state index in [2.05, 4.69) is 20.4 Å². The van der Waals surface area contributed by atoms with Gasteiger partial charge in [-0.25, -0.2) is 19.2 Å². The Morgan fingerprint density at radius 3 is 2.24 bits per heavy atom. The number of nitrogens with zero attached hydrogens (tertiary/aromatic N) is 5. The van der Waals surface area contributed by atoms with Crippen LogP contribution in [0, 0.1) is 5.82 Å². The molecule has 5 rings (SSSR count). The van der Waals surface area contributed by atoms with Gasteiger partial charge in [-0.2, -0.15) is 23.4 Å². The topological polar surface area (TPSA) is 123 Å². The van der Waals surface area contributed by atoms with Gasteiger partial charge in [-0.3, -0.25) is 0 Å². The van der Waals surface area contributed by atoms with Crippen LogP contribution < -0.4 is 19.7 Å². The molecule has 0 unspecified atom stereocenters. The Morgan fingerprint density at radius 1 is 1.08 bits per heavy atom. The summed E-state index contributed by atoms with van der Waals surface area (Å²) < 4.78 is 56.9. The number of aromatic nitrogens is 4. The second kappa shape index (κ2) is 11.0. The van der Waals surface area contributed by atoms with E-state index in [4.69, 9.17) is 29.3 Å². The van der Waals surface area contributed by atoms with E-state index in [9.17, 15) is 17.6 Å². The highest BCUT2D eigenvalue weighted by Crippen LogP contribution is 2.33. The molecule has 0 bridgehead atoms. The minimum Gasteiger partial charge on any atom is -0.497 e. The van der Waals surface area contributed by atoms with Gasteiger partial charge in [0.15, 0.2) is 23.2 Å². The fraction of sp³-hybridized carbons (Fsp3) is 0.435. The van der Waals surface area contributed by atoms with E-state index in [0.29, 0.717) is 11.8 Å². The van der Waals surface area contributed by atoms with Crippen molar-refractivity contribution >= 4 is 28.6 Å². The number of benzene rings is 1. The van der Waals surface area contributed by atoms with Crippen LogP contribution >= 0.6 is 0 Å². The van der Waals surface area contributed by atoms with Crippen molar-refractivity contribution in [1.82, 2.24) is 20.2 Å². The van der Waals surface area contributed by atoms with E-state index >= 15 is 0 Å². The molecule has 2 aliphatic rings. The molecule has 10 nitrogen and oxygen atoms in total. The van der Waals surface area contributed by atoms with Crippen molar-refractivity contribution in [3.05, 3.63) is 36.4 Å². The number of alkyl halides is 3. The lowest BCUT2D eigenvalue weighted by molar-refractivity contribution is -0.192.